The molecule has 2 rings (SSSR count). The SMILES string of the molecule is Cc1ccc(C(NN)C2(C)CCCS2)cc1F. The lowest BCUT2D eigenvalue weighted by molar-refractivity contribution is 0.419. The van der Waals surface area contributed by atoms with Gasteiger partial charge in [0, 0.05) is 4.75 Å². The van der Waals surface area contributed by atoms with E-state index in [9.17, 15) is 4.39 Å². The first-order chi connectivity index (χ1) is 8.07. The van der Waals surface area contributed by atoms with Gasteiger partial charge in [-0.2, -0.15) is 11.8 Å². The molecule has 1 aromatic carbocycles. The zero-order chi connectivity index (χ0) is 12.5. The molecular weight excluding hydrogens is 235 g/mol. The third kappa shape index (κ3) is 2.49. The number of aryl methyl sites for hydroxylation is 1. The average molecular weight is 254 g/mol. The van der Waals surface area contributed by atoms with Crippen LogP contribution in [0.1, 0.15) is 36.9 Å². The molecular formula is C13H19FN2S. The molecule has 4 heteroatoms. The van der Waals surface area contributed by atoms with Crippen molar-refractivity contribution in [2.24, 2.45) is 5.84 Å². The maximum absolute atomic E-state index is 13.6. The van der Waals surface area contributed by atoms with Crippen molar-refractivity contribution in [1.29, 1.82) is 0 Å². The lowest BCUT2D eigenvalue weighted by atomic mass is 9.90. The molecule has 0 aromatic heterocycles. The van der Waals surface area contributed by atoms with Crippen molar-refractivity contribution >= 4 is 11.8 Å². The lowest BCUT2D eigenvalue weighted by Gasteiger charge is -2.33. The summed E-state index contributed by atoms with van der Waals surface area (Å²) < 4.78 is 13.7. The first kappa shape index (κ1) is 12.9. The van der Waals surface area contributed by atoms with Crippen molar-refractivity contribution < 1.29 is 4.39 Å². The standard InChI is InChI=1S/C13H19FN2S/c1-9-4-5-10(8-11(9)14)12(16-15)13(2)6-3-7-17-13/h4-5,8,12,16H,3,6-7,15H2,1-2H3. The summed E-state index contributed by atoms with van der Waals surface area (Å²) in [6, 6.07) is 5.39. The van der Waals surface area contributed by atoms with Crippen molar-refractivity contribution in [2.45, 2.75) is 37.5 Å². The van der Waals surface area contributed by atoms with Crippen molar-refractivity contribution in [3.05, 3.63) is 35.1 Å². The first-order valence-electron chi connectivity index (χ1n) is 5.93. The Bertz CT molecular complexity index is 402. The number of hydrazine groups is 1. The highest BCUT2D eigenvalue weighted by Crippen LogP contribution is 2.46. The number of thioether (sulfide) groups is 1. The van der Waals surface area contributed by atoms with Crippen molar-refractivity contribution in [1.82, 2.24) is 5.43 Å². The van der Waals surface area contributed by atoms with Gasteiger partial charge in [-0.05, 0) is 49.6 Å². The summed E-state index contributed by atoms with van der Waals surface area (Å²) in [6.45, 7) is 3.98. The highest BCUT2D eigenvalue weighted by atomic mass is 32.2. The molecule has 17 heavy (non-hydrogen) atoms. The molecule has 0 radical (unpaired) electrons. The highest BCUT2D eigenvalue weighted by Gasteiger charge is 2.38. The number of nitrogens with two attached hydrogens (primary N) is 1. The van der Waals surface area contributed by atoms with Gasteiger partial charge in [-0.1, -0.05) is 12.1 Å². The summed E-state index contributed by atoms with van der Waals surface area (Å²) in [7, 11) is 0. The Kier molecular flexibility index (Phi) is 3.76. The zero-order valence-corrected chi connectivity index (χ0v) is 11.1. The Balaban J connectivity index is 2.31. The number of hydrogen-bond acceptors (Lipinski definition) is 3. The molecule has 1 fully saturated rings. The van der Waals surface area contributed by atoms with Gasteiger partial charge in [0.2, 0.25) is 0 Å². The largest absolute Gasteiger partial charge is 0.271 e. The molecule has 2 nitrogen and oxygen atoms in total. The predicted molar refractivity (Wildman–Crippen MR) is 71.3 cm³/mol. The van der Waals surface area contributed by atoms with Gasteiger partial charge in [0.15, 0.2) is 0 Å². The second-order valence-corrected chi connectivity index (χ2v) is 6.50. The molecule has 1 heterocycles. The van der Waals surface area contributed by atoms with Gasteiger partial charge < -0.3 is 0 Å². The van der Waals surface area contributed by atoms with Crippen LogP contribution in [0.25, 0.3) is 0 Å². The fraction of sp³-hybridized carbons (Fsp3) is 0.538. The zero-order valence-electron chi connectivity index (χ0n) is 10.3. The summed E-state index contributed by atoms with van der Waals surface area (Å²) in [4.78, 5) is 0. The van der Waals surface area contributed by atoms with E-state index in [0.717, 1.165) is 17.7 Å². The molecule has 0 spiro atoms. The molecule has 94 valence electrons. The molecule has 1 saturated heterocycles. The fourth-order valence-corrected chi connectivity index (χ4v) is 3.86. The number of rotatable bonds is 3. The molecule has 0 aliphatic carbocycles. The van der Waals surface area contributed by atoms with Crippen LogP contribution in [0.15, 0.2) is 18.2 Å². The van der Waals surface area contributed by atoms with Gasteiger partial charge in [0.1, 0.15) is 5.82 Å². The number of benzene rings is 1. The van der Waals surface area contributed by atoms with E-state index in [2.05, 4.69) is 12.3 Å². The van der Waals surface area contributed by atoms with Crippen LogP contribution in [0.3, 0.4) is 0 Å². The average Bonchev–Trinajstić information content (AvgIpc) is 2.72. The minimum Gasteiger partial charge on any atom is -0.271 e. The van der Waals surface area contributed by atoms with E-state index in [-0.39, 0.29) is 16.6 Å². The van der Waals surface area contributed by atoms with Gasteiger partial charge >= 0.3 is 0 Å². The van der Waals surface area contributed by atoms with Crippen LogP contribution in [-0.4, -0.2) is 10.5 Å². The Morgan fingerprint density at radius 3 is 2.82 bits per heavy atom. The van der Waals surface area contributed by atoms with Crippen LogP contribution in [-0.2, 0) is 0 Å². The summed E-state index contributed by atoms with van der Waals surface area (Å²) in [5.74, 6) is 6.67. The number of halogens is 1. The highest BCUT2D eigenvalue weighted by molar-refractivity contribution is 8.00. The molecule has 2 unspecified atom stereocenters. The summed E-state index contributed by atoms with van der Waals surface area (Å²) in [5, 5.41) is 0. The summed E-state index contributed by atoms with van der Waals surface area (Å²) >= 11 is 1.92. The van der Waals surface area contributed by atoms with E-state index >= 15 is 0 Å². The minimum absolute atomic E-state index is 0.00472. The molecule has 1 aliphatic heterocycles. The molecule has 0 saturated carbocycles. The second-order valence-electron chi connectivity index (χ2n) is 4.87. The van der Waals surface area contributed by atoms with E-state index < -0.39 is 0 Å². The Morgan fingerprint density at radius 1 is 1.53 bits per heavy atom. The van der Waals surface area contributed by atoms with E-state index in [1.54, 1.807) is 13.0 Å². The quantitative estimate of drug-likeness (QED) is 0.643. The van der Waals surface area contributed by atoms with Gasteiger partial charge in [0.05, 0.1) is 6.04 Å². The topological polar surface area (TPSA) is 38.0 Å². The van der Waals surface area contributed by atoms with Gasteiger partial charge in [-0.3, -0.25) is 11.3 Å². The van der Waals surface area contributed by atoms with Crippen LogP contribution >= 0.6 is 11.8 Å². The van der Waals surface area contributed by atoms with Crippen LogP contribution in [0.5, 0.6) is 0 Å². The van der Waals surface area contributed by atoms with Crippen molar-refractivity contribution in [3.63, 3.8) is 0 Å². The van der Waals surface area contributed by atoms with E-state index in [1.165, 1.54) is 6.42 Å². The normalized spacial score (nSPS) is 26.1. The van der Waals surface area contributed by atoms with Crippen LogP contribution in [0.2, 0.25) is 0 Å². The smallest absolute Gasteiger partial charge is 0.126 e. The van der Waals surface area contributed by atoms with Crippen LogP contribution in [0, 0.1) is 12.7 Å². The van der Waals surface area contributed by atoms with Gasteiger partial charge in [-0.15, -0.1) is 0 Å². The Morgan fingerprint density at radius 2 is 2.29 bits per heavy atom. The lowest BCUT2D eigenvalue weighted by Crippen LogP contribution is -2.41. The molecule has 0 bridgehead atoms. The maximum Gasteiger partial charge on any atom is 0.126 e. The third-order valence-electron chi connectivity index (χ3n) is 3.56. The first-order valence-corrected chi connectivity index (χ1v) is 6.91. The number of nitrogens with one attached hydrogen (secondary N) is 1. The molecule has 1 aromatic rings. The van der Waals surface area contributed by atoms with E-state index in [1.807, 2.05) is 23.9 Å². The second kappa shape index (κ2) is 4.96. The van der Waals surface area contributed by atoms with Crippen LogP contribution in [0.4, 0.5) is 4.39 Å². The van der Waals surface area contributed by atoms with E-state index in [4.69, 9.17) is 5.84 Å². The molecule has 1 aliphatic rings. The summed E-state index contributed by atoms with van der Waals surface area (Å²) in [5.41, 5.74) is 4.47. The molecule has 0 amide bonds. The number of hydrogen-bond donors (Lipinski definition) is 2. The molecule has 3 N–H and O–H groups in total. The van der Waals surface area contributed by atoms with E-state index in [0.29, 0.717) is 5.56 Å². The van der Waals surface area contributed by atoms with Gasteiger partial charge in [0.25, 0.3) is 0 Å². The Labute approximate surface area is 106 Å². The maximum atomic E-state index is 13.6. The van der Waals surface area contributed by atoms with Crippen molar-refractivity contribution in [3.8, 4) is 0 Å². The predicted octanol–water partition coefficient (Wildman–Crippen LogP) is 2.92. The summed E-state index contributed by atoms with van der Waals surface area (Å²) in [6.07, 6.45) is 2.32. The minimum atomic E-state index is -0.158. The van der Waals surface area contributed by atoms with Crippen LogP contribution < -0.4 is 11.3 Å². The molecule has 2 atom stereocenters. The monoisotopic (exact) mass is 254 g/mol. The third-order valence-corrected chi connectivity index (χ3v) is 5.15. The van der Waals surface area contributed by atoms with Crippen molar-refractivity contribution in [2.75, 3.05) is 5.75 Å². The fourth-order valence-electron chi connectivity index (χ4n) is 2.44. The Hall–Kier alpha value is -0.580. The van der Waals surface area contributed by atoms with Gasteiger partial charge in [-0.25, -0.2) is 4.39 Å².